The van der Waals surface area contributed by atoms with Gasteiger partial charge in [0.1, 0.15) is 11.9 Å². The Balaban J connectivity index is 1.39. The fraction of sp³-hybridized carbons (Fsp3) is 0.409. The van der Waals surface area contributed by atoms with Crippen LogP contribution in [0.5, 0.6) is 0 Å². The minimum atomic E-state index is -0.537. The number of carbonyl (C=O) groups excluding carboxylic acids is 2. The fourth-order valence-corrected chi connectivity index (χ4v) is 3.50. The van der Waals surface area contributed by atoms with E-state index in [1.807, 2.05) is 0 Å². The predicted octanol–water partition coefficient (Wildman–Crippen LogP) is 2.00. The summed E-state index contributed by atoms with van der Waals surface area (Å²) in [6.07, 6.45) is 4.89. The smallest absolute Gasteiger partial charge is 0.319 e. The second-order valence-corrected chi connectivity index (χ2v) is 7.44. The molecule has 0 aliphatic carbocycles. The van der Waals surface area contributed by atoms with Gasteiger partial charge in [-0.2, -0.15) is 0 Å². The highest BCUT2D eigenvalue weighted by Crippen LogP contribution is 2.22. The molecule has 1 aliphatic rings. The number of nitrogens with one attached hydrogen (secondary N) is 3. The number of ether oxygens (including phenoxy) is 1. The largest absolute Gasteiger partial charge is 0.394 e. The molecule has 1 aromatic carbocycles. The number of aliphatic hydroxyl groups excluding tert-OH is 1. The third kappa shape index (κ3) is 7.30. The van der Waals surface area contributed by atoms with Crippen molar-refractivity contribution in [3.05, 3.63) is 60.2 Å². The van der Waals surface area contributed by atoms with Crippen LogP contribution >= 0.6 is 0 Å². The second kappa shape index (κ2) is 11.4. The highest BCUT2D eigenvalue weighted by atomic mass is 19.1. The van der Waals surface area contributed by atoms with Crippen molar-refractivity contribution in [3.63, 3.8) is 0 Å². The molecule has 166 valence electrons. The Kier molecular flexibility index (Phi) is 8.31. The number of hydrogen-bond donors (Lipinski definition) is 4. The summed E-state index contributed by atoms with van der Waals surface area (Å²) in [5, 5.41) is 18.0. The lowest BCUT2D eigenvalue weighted by Crippen LogP contribution is -2.52. The van der Waals surface area contributed by atoms with Crippen molar-refractivity contribution < 1.29 is 23.8 Å². The van der Waals surface area contributed by atoms with Crippen LogP contribution in [0.1, 0.15) is 24.8 Å². The molecule has 0 saturated carbocycles. The Bertz CT molecular complexity index is 850. The number of anilines is 1. The lowest BCUT2D eigenvalue weighted by molar-refractivity contribution is -0.121. The molecule has 1 aromatic heterocycles. The van der Waals surface area contributed by atoms with Gasteiger partial charge < -0.3 is 25.8 Å². The fourth-order valence-electron chi connectivity index (χ4n) is 3.50. The van der Waals surface area contributed by atoms with E-state index < -0.39 is 12.1 Å². The molecule has 31 heavy (non-hydrogen) atoms. The molecule has 8 nitrogen and oxygen atoms in total. The van der Waals surface area contributed by atoms with E-state index >= 15 is 0 Å². The molecule has 9 heteroatoms. The quantitative estimate of drug-likeness (QED) is 0.512. The maximum atomic E-state index is 13.0. The lowest BCUT2D eigenvalue weighted by Gasteiger charge is -2.36. The summed E-state index contributed by atoms with van der Waals surface area (Å²) >= 11 is 0. The van der Waals surface area contributed by atoms with Gasteiger partial charge in [0.25, 0.3) is 0 Å². The minimum absolute atomic E-state index is 0.0716. The van der Waals surface area contributed by atoms with Gasteiger partial charge in [-0.05, 0) is 61.2 Å². The van der Waals surface area contributed by atoms with Crippen LogP contribution in [0.25, 0.3) is 0 Å². The summed E-state index contributed by atoms with van der Waals surface area (Å²) in [5.41, 5.74) is 1.37. The number of aliphatic hydroxyl groups is 1. The third-order valence-electron chi connectivity index (χ3n) is 5.12. The Hall–Kier alpha value is -3.04. The van der Waals surface area contributed by atoms with Crippen molar-refractivity contribution in [2.24, 2.45) is 0 Å². The van der Waals surface area contributed by atoms with Crippen LogP contribution in [0.4, 0.5) is 14.9 Å². The van der Waals surface area contributed by atoms with E-state index in [0.717, 1.165) is 5.56 Å². The number of benzene rings is 1. The van der Waals surface area contributed by atoms with E-state index in [9.17, 15) is 19.1 Å². The molecule has 2 aromatic rings. The first-order chi connectivity index (χ1) is 15.0. The summed E-state index contributed by atoms with van der Waals surface area (Å²) in [6.45, 7) is 0.238. The standard InChI is InChI=1S/C22H27FN4O4/c23-16-1-3-17(4-2-16)26-22(30)27-19-6-5-18(31-20(19)14-28)9-12-25-21(29)13-15-7-10-24-11-8-15/h1-4,7-8,10-11,18-20,28H,5-6,9,12-14H2,(H,25,29)(H2,26,27,30)/t18-,19+,20+/m0/s1. The van der Waals surface area contributed by atoms with Gasteiger partial charge in [-0.3, -0.25) is 9.78 Å². The van der Waals surface area contributed by atoms with E-state index in [1.54, 1.807) is 24.5 Å². The number of aromatic nitrogens is 1. The van der Waals surface area contributed by atoms with Crippen molar-refractivity contribution in [1.82, 2.24) is 15.6 Å². The maximum absolute atomic E-state index is 13.0. The van der Waals surface area contributed by atoms with E-state index in [-0.39, 0.29) is 30.5 Å². The third-order valence-corrected chi connectivity index (χ3v) is 5.12. The molecule has 0 spiro atoms. The lowest BCUT2D eigenvalue weighted by atomic mass is 9.97. The SMILES string of the molecule is O=C(Cc1ccncc1)NCC[C@@H]1CC[C@@H](NC(=O)Nc2ccc(F)cc2)[C@@H](CO)O1. The average Bonchev–Trinajstić information content (AvgIpc) is 2.77. The summed E-state index contributed by atoms with van der Waals surface area (Å²) in [5.74, 6) is -0.454. The Morgan fingerprint density at radius 1 is 1.13 bits per heavy atom. The minimum Gasteiger partial charge on any atom is -0.394 e. The first-order valence-electron chi connectivity index (χ1n) is 10.3. The normalized spacial score (nSPS) is 20.6. The molecule has 3 atom stereocenters. The van der Waals surface area contributed by atoms with Crippen molar-refractivity contribution in [1.29, 1.82) is 0 Å². The zero-order valence-electron chi connectivity index (χ0n) is 17.1. The molecule has 3 amide bonds. The van der Waals surface area contributed by atoms with Crippen LogP contribution in [0, 0.1) is 5.82 Å². The van der Waals surface area contributed by atoms with E-state index in [4.69, 9.17) is 4.74 Å². The molecule has 4 N–H and O–H groups in total. The van der Waals surface area contributed by atoms with Gasteiger partial charge in [-0.25, -0.2) is 9.18 Å². The summed E-state index contributed by atoms with van der Waals surface area (Å²) in [6, 6.07) is 8.27. The van der Waals surface area contributed by atoms with Gasteiger partial charge in [0.05, 0.1) is 25.2 Å². The monoisotopic (exact) mass is 430 g/mol. The molecule has 0 bridgehead atoms. The number of hydrogen-bond acceptors (Lipinski definition) is 5. The highest BCUT2D eigenvalue weighted by Gasteiger charge is 2.31. The molecule has 1 saturated heterocycles. The molecule has 0 radical (unpaired) electrons. The average molecular weight is 430 g/mol. The zero-order valence-corrected chi connectivity index (χ0v) is 17.1. The van der Waals surface area contributed by atoms with Gasteiger partial charge in [-0.1, -0.05) is 0 Å². The Morgan fingerprint density at radius 2 is 1.87 bits per heavy atom. The number of pyridine rings is 1. The van der Waals surface area contributed by atoms with Gasteiger partial charge in [0, 0.05) is 24.6 Å². The molecule has 1 aliphatic heterocycles. The van der Waals surface area contributed by atoms with Crippen LogP contribution < -0.4 is 16.0 Å². The molecule has 3 rings (SSSR count). The van der Waals surface area contributed by atoms with Gasteiger partial charge in [0.2, 0.25) is 5.91 Å². The van der Waals surface area contributed by atoms with Crippen molar-refractivity contribution in [3.8, 4) is 0 Å². The van der Waals surface area contributed by atoms with Crippen LogP contribution in [-0.2, 0) is 16.0 Å². The Morgan fingerprint density at radius 3 is 2.58 bits per heavy atom. The number of urea groups is 1. The summed E-state index contributed by atoms with van der Waals surface area (Å²) < 4.78 is 18.9. The molecule has 2 heterocycles. The number of amides is 3. The number of rotatable bonds is 8. The van der Waals surface area contributed by atoms with Crippen LogP contribution in [0.3, 0.4) is 0 Å². The van der Waals surface area contributed by atoms with Crippen molar-refractivity contribution >= 4 is 17.6 Å². The first kappa shape index (κ1) is 22.6. The van der Waals surface area contributed by atoms with Crippen molar-refractivity contribution in [2.45, 2.75) is 43.9 Å². The van der Waals surface area contributed by atoms with Crippen LogP contribution in [0.2, 0.25) is 0 Å². The molecular formula is C22H27FN4O4. The summed E-state index contributed by atoms with van der Waals surface area (Å²) in [4.78, 5) is 28.2. The van der Waals surface area contributed by atoms with Gasteiger partial charge in [0.15, 0.2) is 0 Å². The first-order valence-corrected chi connectivity index (χ1v) is 10.3. The van der Waals surface area contributed by atoms with Crippen LogP contribution in [0.15, 0.2) is 48.8 Å². The van der Waals surface area contributed by atoms with E-state index in [0.29, 0.717) is 37.9 Å². The van der Waals surface area contributed by atoms with Gasteiger partial charge >= 0.3 is 6.03 Å². The number of carbonyl (C=O) groups is 2. The van der Waals surface area contributed by atoms with E-state index in [2.05, 4.69) is 20.9 Å². The molecule has 1 fully saturated rings. The summed E-state index contributed by atoms with van der Waals surface area (Å²) in [7, 11) is 0. The Labute approximate surface area is 180 Å². The van der Waals surface area contributed by atoms with Crippen molar-refractivity contribution in [2.75, 3.05) is 18.5 Å². The topological polar surface area (TPSA) is 113 Å². The second-order valence-electron chi connectivity index (χ2n) is 7.44. The van der Waals surface area contributed by atoms with Gasteiger partial charge in [-0.15, -0.1) is 0 Å². The molecular weight excluding hydrogens is 403 g/mol. The highest BCUT2D eigenvalue weighted by molar-refractivity contribution is 5.89. The predicted molar refractivity (Wildman–Crippen MR) is 113 cm³/mol. The molecule has 0 unspecified atom stereocenters. The van der Waals surface area contributed by atoms with E-state index in [1.165, 1.54) is 24.3 Å². The number of nitrogens with zero attached hydrogens (tertiary/aromatic N) is 1. The number of halogens is 1. The maximum Gasteiger partial charge on any atom is 0.319 e. The van der Waals surface area contributed by atoms with Crippen LogP contribution in [-0.4, -0.2) is 53.4 Å². The zero-order chi connectivity index (χ0) is 22.1.